The van der Waals surface area contributed by atoms with Crippen LogP contribution in [0.5, 0.6) is 0 Å². The first-order chi connectivity index (χ1) is 11.1. The number of hydrogen-bond donors (Lipinski definition) is 1. The smallest absolute Gasteiger partial charge is 0.267 e. The molecule has 0 saturated carbocycles. The van der Waals surface area contributed by atoms with Gasteiger partial charge in [-0.05, 0) is 31.2 Å². The van der Waals surface area contributed by atoms with Gasteiger partial charge in [0.25, 0.3) is 11.8 Å². The summed E-state index contributed by atoms with van der Waals surface area (Å²) in [6.45, 7) is 4.24. The van der Waals surface area contributed by atoms with Crippen molar-refractivity contribution in [1.82, 2.24) is 9.88 Å². The Morgan fingerprint density at radius 2 is 1.91 bits per heavy atom. The highest BCUT2D eigenvalue weighted by Gasteiger charge is 2.18. The number of ether oxygens (including phenoxy) is 1. The summed E-state index contributed by atoms with van der Waals surface area (Å²) in [7, 11) is 0. The van der Waals surface area contributed by atoms with E-state index < -0.39 is 0 Å². The molecule has 23 heavy (non-hydrogen) atoms. The summed E-state index contributed by atoms with van der Waals surface area (Å²) in [4.78, 5) is 30.8. The number of rotatable bonds is 3. The molecule has 1 aliphatic rings. The van der Waals surface area contributed by atoms with Crippen molar-refractivity contribution in [1.29, 1.82) is 0 Å². The van der Waals surface area contributed by atoms with Gasteiger partial charge in [0.2, 0.25) is 0 Å². The van der Waals surface area contributed by atoms with Gasteiger partial charge in [0.1, 0.15) is 4.88 Å². The third-order valence-electron chi connectivity index (χ3n) is 3.53. The fraction of sp³-hybridized carbons (Fsp3) is 0.312. The van der Waals surface area contributed by atoms with Crippen molar-refractivity contribution in [3.05, 3.63) is 45.9 Å². The van der Waals surface area contributed by atoms with E-state index in [0.29, 0.717) is 42.4 Å². The molecule has 2 heterocycles. The minimum atomic E-state index is -0.192. The predicted octanol–water partition coefficient (Wildman–Crippen LogP) is 2.18. The quantitative estimate of drug-likeness (QED) is 0.936. The zero-order chi connectivity index (χ0) is 16.2. The molecule has 7 heteroatoms. The van der Waals surface area contributed by atoms with Crippen LogP contribution in [0.2, 0.25) is 0 Å². The van der Waals surface area contributed by atoms with Crippen molar-refractivity contribution in [2.24, 2.45) is 0 Å². The van der Waals surface area contributed by atoms with E-state index in [1.54, 1.807) is 35.4 Å². The number of aryl methyl sites for hydroxylation is 1. The van der Waals surface area contributed by atoms with Crippen LogP contribution in [0, 0.1) is 6.92 Å². The van der Waals surface area contributed by atoms with Crippen molar-refractivity contribution in [3.63, 3.8) is 0 Å². The molecule has 1 fully saturated rings. The van der Waals surface area contributed by atoms with E-state index in [1.165, 1.54) is 11.3 Å². The molecule has 1 aromatic carbocycles. The van der Waals surface area contributed by atoms with Gasteiger partial charge in [0.15, 0.2) is 0 Å². The number of nitrogens with zero attached hydrogens (tertiary/aromatic N) is 2. The summed E-state index contributed by atoms with van der Waals surface area (Å²) in [5.74, 6) is -0.202. The summed E-state index contributed by atoms with van der Waals surface area (Å²) >= 11 is 1.35. The first-order valence-electron chi connectivity index (χ1n) is 7.34. The summed E-state index contributed by atoms with van der Waals surface area (Å²) in [5.41, 5.74) is 1.26. The third kappa shape index (κ3) is 3.75. The number of thiazole rings is 1. The standard InChI is InChI=1S/C16H17N3O3S/c1-11-17-10-14(23-11)15(20)18-13-4-2-12(3-5-13)16(21)19-6-8-22-9-7-19/h2-5,10H,6-9H2,1H3,(H,18,20). The van der Waals surface area contributed by atoms with E-state index >= 15 is 0 Å². The number of carbonyl (C=O) groups is 2. The second-order valence-electron chi connectivity index (χ2n) is 5.18. The molecular weight excluding hydrogens is 314 g/mol. The molecule has 2 aromatic rings. The van der Waals surface area contributed by atoms with Crippen LogP contribution in [0.1, 0.15) is 25.0 Å². The van der Waals surface area contributed by atoms with Crippen molar-refractivity contribution in [3.8, 4) is 0 Å². The number of anilines is 1. The Hall–Kier alpha value is -2.25. The van der Waals surface area contributed by atoms with E-state index in [0.717, 1.165) is 5.01 Å². The van der Waals surface area contributed by atoms with Gasteiger partial charge in [-0.25, -0.2) is 4.98 Å². The van der Waals surface area contributed by atoms with Gasteiger partial charge >= 0.3 is 0 Å². The normalized spacial score (nSPS) is 14.6. The molecule has 0 atom stereocenters. The summed E-state index contributed by atoms with van der Waals surface area (Å²) in [5, 5.41) is 3.65. The Bertz CT molecular complexity index is 706. The van der Waals surface area contributed by atoms with Gasteiger partial charge in [-0.3, -0.25) is 9.59 Å². The number of aromatic nitrogens is 1. The largest absolute Gasteiger partial charge is 0.378 e. The maximum absolute atomic E-state index is 12.3. The average molecular weight is 331 g/mol. The van der Waals surface area contributed by atoms with Gasteiger partial charge in [0.05, 0.1) is 24.4 Å². The molecule has 1 saturated heterocycles. The van der Waals surface area contributed by atoms with E-state index in [4.69, 9.17) is 4.74 Å². The number of morpholine rings is 1. The van der Waals surface area contributed by atoms with Crippen LogP contribution in [0.3, 0.4) is 0 Å². The SMILES string of the molecule is Cc1ncc(C(=O)Nc2ccc(C(=O)N3CCOCC3)cc2)s1. The Morgan fingerprint density at radius 3 is 2.52 bits per heavy atom. The van der Waals surface area contributed by atoms with Crippen molar-refractivity contribution in [2.45, 2.75) is 6.92 Å². The van der Waals surface area contributed by atoms with Crippen molar-refractivity contribution >= 4 is 28.8 Å². The number of benzene rings is 1. The molecule has 0 radical (unpaired) electrons. The van der Waals surface area contributed by atoms with Crippen LogP contribution in [0.25, 0.3) is 0 Å². The molecule has 3 rings (SSSR count). The number of hydrogen-bond acceptors (Lipinski definition) is 5. The van der Waals surface area contributed by atoms with Crippen molar-refractivity contribution in [2.75, 3.05) is 31.6 Å². The highest BCUT2D eigenvalue weighted by atomic mass is 32.1. The fourth-order valence-corrected chi connectivity index (χ4v) is 2.98. The van der Waals surface area contributed by atoms with Gasteiger partial charge < -0.3 is 15.0 Å². The van der Waals surface area contributed by atoms with E-state index in [2.05, 4.69) is 10.3 Å². The lowest BCUT2D eigenvalue weighted by molar-refractivity contribution is 0.0303. The Balaban J connectivity index is 1.64. The lowest BCUT2D eigenvalue weighted by atomic mass is 10.1. The van der Waals surface area contributed by atoms with Crippen LogP contribution in [0.4, 0.5) is 5.69 Å². The zero-order valence-corrected chi connectivity index (χ0v) is 13.6. The Labute approximate surface area is 138 Å². The number of carbonyl (C=O) groups excluding carboxylic acids is 2. The summed E-state index contributed by atoms with van der Waals surface area (Å²) in [6, 6.07) is 6.93. The first-order valence-corrected chi connectivity index (χ1v) is 8.16. The maximum atomic E-state index is 12.3. The average Bonchev–Trinajstić information content (AvgIpc) is 3.02. The second kappa shape index (κ2) is 6.89. The van der Waals surface area contributed by atoms with Crippen LogP contribution < -0.4 is 5.32 Å². The molecule has 6 nitrogen and oxygen atoms in total. The molecule has 1 aliphatic heterocycles. The lowest BCUT2D eigenvalue weighted by Crippen LogP contribution is -2.40. The monoisotopic (exact) mass is 331 g/mol. The molecule has 120 valence electrons. The highest BCUT2D eigenvalue weighted by molar-refractivity contribution is 7.13. The molecule has 1 aromatic heterocycles. The second-order valence-corrected chi connectivity index (χ2v) is 6.41. The molecule has 0 unspecified atom stereocenters. The van der Waals surface area contributed by atoms with Gasteiger partial charge in [-0.2, -0.15) is 0 Å². The first kappa shape index (κ1) is 15.6. The van der Waals surface area contributed by atoms with Gasteiger partial charge in [-0.15, -0.1) is 11.3 Å². The van der Waals surface area contributed by atoms with Gasteiger partial charge in [-0.1, -0.05) is 0 Å². The zero-order valence-electron chi connectivity index (χ0n) is 12.7. The Morgan fingerprint density at radius 1 is 1.22 bits per heavy atom. The minimum Gasteiger partial charge on any atom is -0.378 e. The number of amides is 2. The fourth-order valence-electron chi connectivity index (χ4n) is 2.30. The Kier molecular flexibility index (Phi) is 4.68. The molecule has 0 spiro atoms. The topological polar surface area (TPSA) is 71.5 Å². The summed E-state index contributed by atoms with van der Waals surface area (Å²) in [6.07, 6.45) is 1.56. The van der Waals surface area contributed by atoms with E-state index in [1.807, 2.05) is 6.92 Å². The van der Waals surface area contributed by atoms with Crippen LogP contribution in [0.15, 0.2) is 30.5 Å². The van der Waals surface area contributed by atoms with Gasteiger partial charge in [0, 0.05) is 24.3 Å². The predicted molar refractivity (Wildman–Crippen MR) is 88.0 cm³/mol. The van der Waals surface area contributed by atoms with Crippen LogP contribution in [-0.4, -0.2) is 48.0 Å². The third-order valence-corrected chi connectivity index (χ3v) is 4.44. The molecular formula is C16H17N3O3S. The van der Waals surface area contributed by atoms with Crippen LogP contribution >= 0.6 is 11.3 Å². The van der Waals surface area contributed by atoms with Crippen LogP contribution in [-0.2, 0) is 4.74 Å². The van der Waals surface area contributed by atoms with E-state index in [-0.39, 0.29) is 11.8 Å². The molecule has 0 aliphatic carbocycles. The number of nitrogens with one attached hydrogen (secondary N) is 1. The summed E-state index contributed by atoms with van der Waals surface area (Å²) < 4.78 is 5.25. The van der Waals surface area contributed by atoms with E-state index in [9.17, 15) is 9.59 Å². The maximum Gasteiger partial charge on any atom is 0.267 e. The molecule has 0 bridgehead atoms. The van der Waals surface area contributed by atoms with Crippen molar-refractivity contribution < 1.29 is 14.3 Å². The highest BCUT2D eigenvalue weighted by Crippen LogP contribution is 2.16. The molecule has 2 amide bonds. The minimum absolute atomic E-state index is 0.00995. The lowest BCUT2D eigenvalue weighted by Gasteiger charge is -2.26. The molecule has 1 N–H and O–H groups in total.